The van der Waals surface area contributed by atoms with E-state index < -0.39 is 6.10 Å². The highest BCUT2D eigenvalue weighted by molar-refractivity contribution is 5.95. The highest BCUT2D eigenvalue weighted by Gasteiger charge is 2.20. The SMILES string of the molecule is CC(O)CCNC(=O)c1cnn(-c2ccc(F)cc2)c1C(C)C. The zero-order valence-electron chi connectivity index (χ0n) is 13.6. The fourth-order valence-electron chi connectivity index (χ4n) is 2.37. The van der Waals surface area contributed by atoms with E-state index in [1.54, 1.807) is 23.7 Å². The molecule has 2 N–H and O–H groups in total. The number of hydrogen-bond acceptors (Lipinski definition) is 3. The number of aliphatic hydroxyl groups excluding tert-OH is 1. The van der Waals surface area contributed by atoms with Crippen LogP contribution in [0.1, 0.15) is 49.2 Å². The lowest BCUT2D eigenvalue weighted by atomic mass is 10.0. The number of hydrogen-bond donors (Lipinski definition) is 2. The van der Waals surface area contributed by atoms with Crippen molar-refractivity contribution < 1.29 is 14.3 Å². The van der Waals surface area contributed by atoms with Crippen molar-refractivity contribution in [2.24, 2.45) is 0 Å². The Labute approximate surface area is 135 Å². The molecule has 0 saturated heterocycles. The lowest BCUT2D eigenvalue weighted by molar-refractivity contribution is 0.0944. The zero-order chi connectivity index (χ0) is 17.0. The van der Waals surface area contributed by atoms with Crippen LogP contribution in [0.2, 0.25) is 0 Å². The van der Waals surface area contributed by atoms with Crippen LogP contribution in [0.3, 0.4) is 0 Å². The molecule has 0 aliphatic heterocycles. The molecule has 0 radical (unpaired) electrons. The van der Waals surface area contributed by atoms with Crippen molar-refractivity contribution in [3.05, 3.63) is 47.5 Å². The summed E-state index contributed by atoms with van der Waals surface area (Å²) in [7, 11) is 0. The first-order chi connectivity index (χ1) is 10.9. The van der Waals surface area contributed by atoms with Gasteiger partial charge in [-0.15, -0.1) is 0 Å². The third-order valence-corrected chi connectivity index (χ3v) is 3.52. The van der Waals surface area contributed by atoms with Crippen LogP contribution in [-0.4, -0.2) is 33.4 Å². The number of aromatic nitrogens is 2. The molecule has 6 heteroatoms. The van der Waals surface area contributed by atoms with Gasteiger partial charge >= 0.3 is 0 Å². The minimum absolute atomic E-state index is 0.0695. The number of nitrogens with one attached hydrogen (secondary N) is 1. The van der Waals surface area contributed by atoms with Gasteiger partial charge < -0.3 is 10.4 Å². The van der Waals surface area contributed by atoms with E-state index >= 15 is 0 Å². The Hall–Kier alpha value is -2.21. The molecule has 0 bridgehead atoms. The van der Waals surface area contributed by atoms with Crippen molar-refractivity contribution in [1.82, 2.24) is 15.1 Å². The minimum atomic E-state index is -0.457. The standard InChI is InChI=1S/C17H22FN3O2/c1-11(2)16-15(17(23)19-9-8-12(3)22)10-20-21(16)14-6-4-13(18)5-7-14/h4-7,10-12,22H,8-9H2,1-3H3,(H,19,23). The fourth-order valence-corrected chi connectivity index (χ4v) is 2.37. The normalized spacial score (nSPS) is 12.4. The maximum Gasteiger partial charge on any atom is 0.254 e. The number of carbonyl (C=O) groups excluding carboxylic acids is 1. The maximum atomic E-state index is 13.1. The number of nitrogens with zero attached hydrogens (tertiary/aromatic N) is 2. The molecule has 1 heterocycles. The van der Waals surface area contributed by atoms with Crippen molar-refractivity contribution in [3.63, 3.8) is 0 Å². The average molecular weight is 319 g/mol. The van der Waals surface area contributed by atoms with Gasteiger partial charge in [0.25, 0.3) is 5.91 Å². The Balaban J connectivity index is 2.28. The summed E-state index contributed by atoms with van der Waals surface area (Å²) in [5.74, 6) is -0.467. The summed E-state index contributed by atoms with van der Waals surface area (Å²) >= 11 is 0. The first-order valence-corrected chi connectivity index (χ1v) is 7.70. The Morgan fingerprint density at radius 2 is 1.96 bits per heavy atom. The molecule has 0 aliphatic rings. The summed E-state index contributed by atoms with van der Waals surface area (Å²) in [6, 6.07) is 5.99. The first kappa shape index (κ1) is 17.1. The Bertz CT molecular complexity index is 663. The lowest BCUT2D eigenvalue weighted by Crippen LogP contribution is -2.27. The molecule has 0 saturated carbocycles. The molecule has 124 valence electrons. The van der Waals surface area contributed by atoms with E-state index in [1.165, 1.54) is 18.3 Å². The molecule has 1 aromatic carbocycles. The van der Waals surface area contributed by atoms with Crippen LogP contribution in [0.5, 0.6) is 0 Å². The third kappa shape index (κ3) is 4.16. The van der Waals surface area contributed by atoms with Gasteiger partial charge in [0.05, 0.1) is 29.2 Å². The number of benzene rings is 1. The maximum absolute atomic E-state index is 13.1. The molecule has 2 aromatic rings. The highest BCUT2D eigenvalue weighted by atomic mass is 19.1. The summed E-state index contributed by atoms with van der Waals surface area (Å²) in [4.78, 5) is 12.3. The number of halogens is 1. The molecule has 5 nitrogen and oxygen atoms in total. The van der Waals surface area contributed by atoms with Crippen LogP contribution in [-0.2, 0) is 0 Å². The second-order valence-electron chi connectivity index (χ2n) is 5.88. The molecule has 0 spiro atoms. The second-order valence-corrected chi connectivity index (χ2v) is 5.88. The minimum Gasteiger partial charge on any atom is -0.393 e. The summed E-state index contributed by atoms with van der Waals surface area (Å²) in [5.41, 5.74) is 1.97. The quantitative estimate of drug-likeness (QED) is 0.860. The van der Waals surface area contributed by atoms with Gasteiger partial charge in [-0.25, -0.2) is 9.07 Å². The predicted octanol–water partition coefficient (Wildman–Crippen LogP) is 2.64. The molecule has 0 aliphatic carbocycles. The van der Waals surface area contributed by atoms with Gasteiger partial charge in [0.2, 0.25) is 0 Å². The monoisotopic (exact) mass is 319 g/mol. The summed E-state index contributed by atoms with van der Waals surface area (Å²) in [5, 5.41) is 16.3. The number of amides is 1. The van der Waals surface area contributed by atoms with Crippen LogP contribution in [0.25, 0.3) is 5.69 Å². The molecule has 1 atom stereocenters. The van der Waals surface area contributed by atoms with E-state index in [2.05, 4.69) is 10.4 Å². The van der Waals surface area contributed by atoms with Crippen LogP contribution >= 0.6 is 0 Å². The van der Waals surface area contributed by atoms with E-state index in [0.717, 1.165) is 5.69 Å². The molecule has 1 amide bonds. The fraction of sp³-hybridized carbons (Fsp3) is 0.412. The highest BCUT2D eigenvalue weighted by Crippen LogP contribution is 2.23. The van der Waals surface area contributed by atoms with Crippen LogP contribution < -0.4 is 5.32 Å². The Morgan fingerprint density at radius 3 is 2.52 bits per heavy atom. The second kappa shape index (κ2) is 7.37. The Kier molecular flexibility index (Phi) is 5.50. The van der Waals surface area contributed by atoms with E-state index in [-0.39, 0.29) is 17.6 Å². The molecular weight excluding hydrogens is 297 g/mol. The largest absolute Gasteiger partial charge is 0.393 e. The van der Waals surface area contributed by atoms with Gasteiger partial charge in [0.15, 0.2) is 0 Å². The van der Waals surface area contributed by atoms with Crippen molar-refractivity contribution in [2.75, 3.05) is 6.54 Å². The summed E-state index contributed by atoms with van der Waals surface area (Å²) < 4.78 is 14.7. The van der Waals surface area contributed by atoms with Gasteiger partial charge in [-0.05, 0) is 43.5 Å². The molecule has 1 unspecified atom stereocenters. The number of carbonyl (C=O) groups is 1. The number of aliphatic hydroxyl groups is 1. The molecule has 2 rings (SSSR count). The predicted molar refractivity (Wildman–Crippen MR) is 86.2 cm³/mol. The number of rotatable bonds is 6. The van der Waals surface area contributed by atoms with Gasteiger partial charge in [-0.1, -0.05) is 13.8 Å². The third-order valence-electron chi connectivity index (χ3n) is 3.52. The Morgan fingerprint density at radius 1 is 1.30 bits per heavy atom. The van der Waals surface area contributed by atoms with Gasteiger partial charge in [-0.3, -0.25) is 4.79 Å². The van der Waals surface area contributed by atoms with Crippen molar-refractivity contribution in [2.45, 2.75) is 39.2 Å². The average Bonchev–Trinajstić information content (AvgIpc) is 2.92. The van der Waals surface area contributed by atoms with Crippen LogP contribution in [0.15, 0.2) is 30.5 Å². The molecule has 1 aromatic heterocycles. The van der Waals surface area contributed by atoms with E-state index in [1.807, 2.05) is 13.8 Å². The van der Waals surface area contributed by atoms with Gasteiger partial charge in [-0.2, -0.15) is 5.10 Å². The van der Waals surface area contributed by atoms with Crippen molar-refractivity contribution in [1.29, 1.82) is 0 Å². The van der Waals surface area contributed by atoms with Crippen molar-refractivity contribution in [3.8, 4) is 5.69 Å². The van der Waals surface area contributed by atoms with Crippen LogP contribution in [0, 0.1) is 5.82 Å². The van der Waals surface area contributed by atoms with E-state index in [9.17, 15) is 14.3 Å². The van der Waals surface area contributed by atoms with Gasteiger partial charge in [0.1, 0.15) is 5.82 Å². The smallest absolute Gasteiger partial charge is 0.254 e. The van der Waals surface area contributed by atoms with Gasteiger partial charge in [0, 0.05) is 6.54 Å². The van der Waals surface area contributed by atoms with E-state index in [4.69, 9.17) is 0 Å². The molecular formula is C17H22FN3O2. The first-order valence-electron chi connectivity index (χ1n) is 7.70. The molecule has 0 fully saturated rings. The topological polar surface area (TPSA) is 67.2 Å². The lowest BCUT2D eigenvalue weighted by Gasteiger charge is -2.13. The molecule has 23 heavy (non-hydrogen) atoms. The van der Waals surface area contributed by atoms with Crippen molar-refractivity contribution >= 4 is 5.91 Å². The summed E-state index contributed by atoms with van der Waals surface area (Å²) in [6.07, 6.45) is 1.56. The zero-order valence-corrected chi connectivity index (χ0v) is 13.6. The van der Waals surface area contributed by atoms with Crippen LogP contribution in [0.4, 0.5) is 4.39 Å². The summed E-state index contributed by atoms with van der Waals surface area (Å²) in [6.45, 7) is 6.03. The van der Waals surface area contributed by atoms with E-state index in [0.29, 0.717) is 24.2 Å².